The lowest BCUT2D eigenvalue weighted by Crippen LogP contribution is -2.18. The lowest BCUT2D eigenvalue weighted by Gasteiger charge is -2.17. The SMILES string of the molecule is Cc1cccc(CN(C)Cc2cc(Cl)c(N)c(Cl)c2)n1. The van der Waals surface area contributed by atoms with Gasteiger partial charge in [0.2, 0.25) is 0 Å². The van der Waals surface area contributed by atoms with E-state index < -0.39 is 0 Å². The number of benzene rings is 1. The van der Waals surface area contributed by atoms with Gasteiger partial charge in [-0.05, 0) is 43.8 Å². The molecule has 0 amide bonds. The Morgan fingerprint density at radius 2 is 1.80 bits per heavy atom. The number of halogens is 2. The molecular weight excluding hydrogens is 293 g/mol. The molecule has 0 aliphatic heterocycles. The highest BCUT2D eigenvalue weighted by atomic mass is 35.5. The fourth-order valence-electron chi connectivity index (χ4n) is 2.06. The first-order valence-corrected chi connectivity index (χ1v) is 7.06. The molecule has 5 heteroatoms. The van der Waals surface area contributed by atoms with E-state index in [-0.39, 0.29) is 0 Å². The highest BCUT2D eigenvalue weighted by Crippen LogP contribution is 2.29. The van der Waals surface area contributed by atoms with E-state index in [2.05, 4.69) is 9.88 Å². The van der Waals surface area contributed by atoms with E-state index in [9.17, 15) is 0 Å². The van der Waals surface area contributed by atoms with E-state index in [1.807, 2.05) is 44.3 Å². The van der Waals surface area contributed by atoms with Gasteiger partial charge in [-0.25, -0.2) is 0 Å². The molecule has 0 radical (unpaired) electrons. The van der Waals surface area contributed by atoms with Crippen molar-refractivity contribution in [3.05, 3.63) is 57.3 Å². The largest absolute Gasteiger partial charge is 0.396 e. The molecule has 0 fully saturated rings. The predicted molar refractivity (Wildman–Crippen MR) is 85.0 cm³/mol. The van der Waals surface area contributed by atoms with E-state index in [1.165, 1.54) is 0 Å². The van der Waals surface area contributed by atoms with Crippen LogP contribution in [0.25, 0.3) is 0 Å². The van der Waals surface area contributed by atoms with Gasteiger partial charge in [0, 0.05) is 18.8 Å². The lowest BCUT2D eigenvalue weighted by molar-refractivity contribution is 0.315. The monoisotopic (exact) mass is 309 g/mol. The summed E-state index contributed by atoms with van der Waals surface area (Å²) in [5.41, 5.74) is 9.26. The van der Waals surface area contributed by atoms with Crippen molar-refractivity contribution >= 4 is 28.9 Å². The topological polar surface area (TPSA) is 42.1 Å². The van der Waals surface area contributed by atoms with Gasteiger partial charge < -0.3 is 5.73 Å². The Bertz CT molecular complexity index is 591. The van der Waals surface area contributed by atoms with Crippen molar-refractivity contribution < 1.29 is 0 Å². The fraction of sp³-hybridized carbons (Fsp3) is 0.267. The van der Waals surface area contributed by atoms with Crippen molar-refractivity contribution in [3.63, 3.8) is 0 Å². The van der Waals surface area contributed by atoms with Crippen molar-refractivity contribution in [2.45, 2.75) is 20.0 Å². The van der Waals surface area contributed by atoms with E-state index in [1.54, 1.807) is 0 Å². The van der Waals surface area contributed by atoms with Gasteiger partial charge in [-0.15, -0.1) is 0 Å². The van der Waals surface area contributed by atoms with Crippen LogP contribution in [-0.4, -0.2) is 16.9 Å². The van der Waals surface area contributed by atoms with Gasteiger partial charge >= 0.3 is 0 Å². The van der Waals surface area contributed by atoms with Crippen LogP contribution in [0.3, 0.4) is 0 Å². The average Bonchev–Trinajstić information content (AvgIpc) is 2.35. The predicted octanol–water partition coefficient (Wildman–Crippen LogP) is 3.91. The van der Waals surface area contributed by atoms with Crippen molar-refractivity contribution in [1.29, 1.82) is 0 Å². The number of aryl methyl sites for hydroxylation is 1. The molecule has 106 valence electrons. The summed E-state index contributed by atoms with van der Waals surface area (Å²) in [4.78, 5) is 6.64. The Hall–Kier alpha value is -1.29. The maximum atomic E-state index is 6.04. The molecule has 20 heavy (non-hydrogen) atoms. The van der Waals surface area contributed by atoms with Crippen LogP contribution in [0.4, 0.5) is 5.69 Å². The number of pyridine rings is 1. The Kier molecular flexibility index (Phi) is 4.86. The summed E-state index contributed by atoms with van der Waals surface area (Å²) >= 11 is 12.1. The number of anilines is 1. The Balaban J connectivity index is 2.06. The average molecular weight is 310 g/mol. The minimum absolute atomic E-state index is 0.431. The quantitative estimate of drug-likeness (QED) is 0.871. The zero-order valence-electron chi connectivity index (χ0n) is 11.5. The lowest BCUT2D eigenvalue weighted by atomic mass is 10.2. The molecule has 2 aromatic rings. The van der Waals surface area contributed by atoms with Crippen LogP contribution < -0.4 is 5.73 Å². The van der Waals surface area contributed by atoms with Gasteiger partial charge in [-0.2, -0.15) is 0 Å². The van der Waals surface area contributed by atoms with Gasteiger partial charge in [0.25, 0.3) is 0 Å². The van der Waals surface area contributed by atoms with E-state index in [4.69, 9.17) is 28.9 Å². The first-order chi connectivity index (χ1) is 9.45. The van der Waals surface area contributed by atoms with Gasteiger partial charge in [-0.3, -0.25) is 9.88 Å². The van der Waals surface area contributed by atoms with Crippen molar-refractivity contribution in [2.75, 3.05) is 12.8 Å². The normalized spacial score (nSPS) is 11.1. The van der Waals surface area contributed by atoms with Crippen LogP contribution in [0.1, 0.15) is 17.0 Å². The fourth-order valence-corrected chi connectivity index (χ4v) is 2.59. The smallest absolute Gasteiger partial charge is 0.0693 e. The number of nitrogens with zero attached hydrogens (tertiary/aromatic N) is 2. The summed E-state index contributed by atoms with van der Waals surface area (Å²) in [5, 5.41) is 0.990. The van der Waals surface area contributed by atoms with Crippen LogP contribution in [0.5, 0.6) is 0 Å². The van der Waals surface area contributed by atoms with Crippen molar-refractivity contribution in [3.8, 4) is 0 Å². The van der Waals surface area contributed by atoms with Gasteiger partial charge in [0.05, 0.1) is 21.4 Å². The number of hydrogen-bond donors (Lipinski definition) is 1. The van der Waals surface area contributed by atoms with Crippen LogP contribution in [0.2, 0.25) is 10.0 Å². The molecule has 1 aromatic heterocycles. The van der Waals surface area contributed by atoms with Crippen LogP contribution in [-0.2, 0) is 13.1 Å². The summed E-state index contributed by atoms with van der Waals surface area (Å²) < 4.78 is 0. The van der Waals surface area contributed by atoms with Crippen LogP contribution in [0.15, 0.2) is 30.3 Å². The molecule has 0 atom stereocenters. The van der Waals surface area contributed by atoms with Crippen molar-refractivity contribution in [2.24, 2.45) is 0 Å². The number of rotatable bonds is 4. The summed E-state index contributed by atoms with van der Waals surface area (Å²) in [6.45, 7) is 3.49. The molecule has 0 spiro atoms. The van der Waals surface area contributed by atoms with E-state index in [0.29, 0.717) is 15.7 Å². The number of aromatic nitrogens is 1. The third-order valence-corrected chi connectivity index (χ3v) is 3.59. The van der Waals surface area contributed by atoms with Gasteiger partial charge in [0.1, 0.15) is 0 Å². The van der Waals surface area contributed by atoms with Crippen molar-refractivity contribution in [1.82, 2.24) is 9.88 Å². The molecule has 1 aromatic carbocycles. The Labute approximate surface area is 129 Å². The molecule has 0 aliphatic carbocycles. The molecule has 0 saturated carbocycles. The van der Waals surface area contributed by atoms with Gasteiger partial charge in [0.15, 0.2) is 0 Å². The zero-order valence-corrected chi connectivity index (χ0v) is 13.0. The maximum absolute atomic E-state index is 6.04. The first kappa shape index (κ1) is 15.1. The second-order valence-electron chi connectivity index (χ2n) is 4.92. The number of nitrogens with two attached hydrogens (primary N) is 1. The zero-order chi connectivity index (χ0) is 14.7. The third kappa shape index (κ3) is 3.85. The van der Waals surface area contributed by atoms with Crippen LogP contribution >= 0.6 is 23.2 Å². The molecular formula is C15H17Cl2N3. The molecule has 2 rings (SSSR count). The molecule has 0 bridgehead atoms. The summed E-state index contributed by atoms with van der Waals surface area (Å²) in [5.74, 6) is 0. The standard InChI is InChI=1S/C15H17Cl2N3/c1-10-4-3-5-12(19-10)9-20(2)8-11-6-13(16)15(18)14(17)7-11/h3-7H,8-9,18H2,1-2H3. The van der Waals surface area contributed by atoms with Gasteiger partial charge in [-0.1, -0.05) is 29.3 Å². The molecule has 0 unspecified atom stereocenters. The minimum atomic E-state index is 0.431. The third-order valence-electron chi connectivity index (χ3n) is 2.97. The minimum Gasteiger partial charge on any atom is -0.396 e. The summed E-state index contributed by atoms with van der Waals surface area (Å²) in [7, 11) is 2.03. The molecule has 0 saturated heterocycles. The van der Waals surface area contributed by atoms with E-state index >= 15 is 0 Å². The molecule has 1 heterocycles. The first-order valence-electron chi connectivity index (χ1n) is 6.30. The maximum Gasteiger partial charge on any atom is 0.0693 e. The Morgan fingerprint density at radius 1 is 1.15 bits per heavy atom. The molecule has 0 aliphatic rings. The summed E-state index contributed by atoms with van der Waals surface area (Å²) in [6, 6.07) is 9.73. The summed E-state index contributed by atoms with van der Waals surface area (Å²) in [6.07, 6.45) is 0. The molecule has 3 nitrogen and oxygen atoms in total. The van der Waals surface area contributed by atoms with E-state index in [0.717, 1.165) is 30.0 Å². The number of hydrogen-bond acceptors (Lipinski definition) is 3. The highest BCUT2D eigenvalue weighted by Gasteiger charge is 2.08. The second kappa shape index (κ2) is 6.44. The number of nitrogen functional groups attached to an aromatic ring is 1. The second-order valence-corrected chi connectivity index (χ2v) is 5.73. The molecule has 2 N–H and O–H groups in total. The highest BCUT2D eigenvalue weighted by molar-refractivity contribution is 6.38. The van der Waals surface area contributed by atoms with Crippen LogP contribution in [0, 0.1) is 6.92 Å². The Morgan fingerprint density at radius 3 is 2.40 bits per heavy atom.